The van der Waals surface area contributed by atoms with Gasteiger partial charge in [-0.3, -0.25) is 9.59 Å². The van der Waals surface area contributed by atoms with Crippen molar-refractivity contribution in [2.24, 2.45) is 5.92 Å². The predicted octanol–water partition coefficient (Wildman–Crippen LogP) is 1.14. The van der Waals surface area contributed by atoms with Gasteiger partial charge in [0.25, 0.3) is 5.91 Å². The van der Waals surface area contributed by atoms with Crippen molar-refractivity contribution in [3.8, 4) is 0 Å². The third kappa shape index (κ3) is 2.25. The van der Waals surface area contributed by atoms with Crippen LogP contribution in [0, 0.1) is 5.92 Å². The Labute approximate surface area is 106 Å². The minimum Gasteiger partial charge on any atom is -0.469 e. The van der Waals surface area contributed by atoms with E-state index in [0.29, 0.717) is 25.2 Å². The van der Waals surface area contributed by atoms with Crippen molar-refractivity contribution in [2.75, 3.05) is 20.2 Å². The van der Waals surface area contributed by atoms with Gasteiger partial charge in [-0.1, -0.05) is 0 Å². The second-order valence-corrected chi connectivity index (χ2v) is 4.44. The van der Waals surface area contributed by atoms with Crippen molar-refractivity contribution in [3.05, 3.63) is 24.0 Å². The summed E-state index contributed by atoms with van der Waals surface area (Å²) < 4.78 is 6.63. The fourth-order valence-electron chi connectivity index (χ4n) is 2.35. The van der Waals surface area contributed by atoms with Crippen LogP contribution in [0.15, 0.2) is 18.3 Å². The van der Waals surface area contributed by atoms with Gasteiger partial charge in [-0.25, -0.2) is 0 Å². The van der Waals surface area contributed by atoms with Gasteiger partial charge in [0.1, 0.15) is 5.69 Å². The van der Waals surface area contributed by atoms with Crippen LogP contribution in [0.3, 0.4) is 0 Å². The molecule has 5 nitrogen and oxygen atoms in total. The Balaban J connectivity index is 2.06. The zero-order valence-corrected chi connectivity index (χ0v) is 10.8. The summed E-state index contributed by atoms with van der Waals surface area (Å²) in [6.07, 6.45) is 2.58. The summed E-state index contributed by atoms with van der Waals surface area (Å²) in [6.45, 7) is 3.84. The average molecular weight is 250 g/mol. The molecule has 1 aromatic heterocycles. The molecule has 1 unspecified atom stereocenters. The maximum atomic E-state index is 12.3. The van der Waals surface area contributed by atoms with Gasteiger partial charge in [-0.05, 0) is 25.5 Å². The first-order valence-corrected chi connectivity index (χ1v) is 6.19. The molecule has 1 fully saturated rings. The Kier molecular flexibility index (Phi) is 3.69. The number of aromatic nitrogens is 1. The van der Waals surface area contributed by atoms with Crippen LogP contribution in [0.5, 0.6) is 0 Å². The smallest absolute Gasteiger partial charge is 0.310 e. The van der Waals surface area contributed by atoms with Gasteiger partial charge < -0.3 is 14.2 Å². The van der Waals surface area contributed by atoms with Crippen LogP contribution in [-0.2, 0) is 16.1 Å². The normalized spacial score (nSPS) is 19.0. The van der Waals surface area contributed by atoms with E-state index in [-0.39, 0.29) is 17.8 Å². The molecule has 1 atom stereocenters. The van der Waals surface area contributed by atoms with Gasteiger partial charge in [-0.15, -0.1) is 0 Å². The summed E-state index contributed by atoms with van der Waals surface area (Å²) in [5.41, 5.74) is 0.683. The molecule has 18 heavy (non-hydrogen) atoms. The lowest BCUT2D eigenvalue weighted by Gasteiger charge is -2.17. The van der Waals surface area contributed by atoms with Crippen molar-refractivity contribution in [2.45, 2.75) is 19.9 Å². The molecule has 1 aromatic rings. The molecule has 0 radical (unpaired) electrons. The first kappa shape index (κ1) is 12.7. The molecule has 0 bridgehead atoms. The summed E-state index contributed by atoms with van der Waals surface area (Å²) in [7, 11) is 1.38. The van der Waals surface area contributed by atoms with E-state index in [1.54, 1.807) is 4.90 Å². The van der Waals surface area contributed by atoms with Crippen LogP contribution in [0.25, 0.3) is 0 Å². The fraction of sp³-hybridized carbons (Fsp3) is 0.538. The van der Waals surface area contributed by atoms with Crippen LogP contribution in [0.1, 0.15) is 23.8 Å². The molecule has 2 heterocycles. The number of carbonyl (C=O) groups excluding carboxylic acids is 2. The first-order valence-electron chi connectivity index (χ1n) is 6.19. The predicted molar refractivity (Wildman–Crippen MR) is 66.1 cm³/mol. The molecule has 1 saturated heterocycles. The summed E-state index contributed by atoms with van der Waals surface area (Å²) in [5.74, 6) is -0.409. The molecule has 0 spiro atoms. The number of carbonyl (C=O) groups is 2. The number of aryl methyl sites for hydroxylation is 1. The highest BCUT2D eigenvalue weighted by Crippen LogP contribution is 2.20. The Hall–Kier alpha value is -1.78. The standard InChI is InChI=1S/C13H18N2O3/c1-3-14-7-4-5-11(14)12(16)15-8-6-10(9-15)13(17)18-2/h4-5,7,10H,3,6,8-9H2,1-2H3. The van der Waals surface area contributed by atoms with E-state index in [1.807, 2.05) is 29.8 Å². The molecule has 2 rings (SSSR count). The Morgan fingerprint density at radius 1 is 1.50 bits per heavy atom. The van der Waals surface area contributed by atoms with Crippen LogP contribution in [0.4, 0.5) is 0 Å². The Morgan fingerprint density at radius 3 is 2.94 bits per heavy atom. The lowest BCUT2D eigenvalue weighted by molar-refractivity contribution is -0.144. The molecule has 98 valence electrons. The average Bonchev–Trinajstić information content (AvgIpc) is 3.05. The summed E-state index contributed by atoms with van der Waals surface area (Å²) in [6, 6.07) is 3.68. The van der Waals surface area contributed by atoms with E-state index >= 15 is 0 Å². The minimum atomic E-state index is -0.226. The highest BCUT2D eigenvalue weighted by atomic mass is 16.5. The lowest BCUT2D eigenvalue weighted by atomic mass is 10.1. The second-order valence-electron chi connectivity index (χ2n) is 4.44. The number of ether oxygens (including phenoxy) is 1. The number of nitrogens with zero attached hydrogens (tertiary/aromatic N) is 2. The number of likely N-dealkylation sites (tertiary alicyclic amines) is 1. The van der Waals surface area contributed by atoms with Crippen molar-refractivity contribution in [1.29, 1.82) is 0 Å². The third-order valence-corrected chi connectivity index (χ3v) is 3.40. The van der Waals surface area contributed by atoms with Crippen molar-refractivity contribution in [3.63, 3.8) is 0 Å². The van der Waals surface area contributed by atoms with E-state index in [1.165, 1.54) is 7.11 Å². The van der Waals surface area contributed by atoms with E-state index in [9.17, 15) is 9.59 Å². The van der Waals surface area contributed by atoms with Gasteiger partial charge >= 0.3 is 5.97 Å². The SMILES string of the molecule is CCn1cccc1C(=O)N1CCC(C(=O)OC)C1. The summed E-state index contributed by atoms with van der Waals surface area (Å²) in [4.78, 5) is 25.4. The number of amides is 1. The quantitative estimate of drug-likeness (QED) is 0.756. The number of rotatable bonds is 3. The molecular weight excluding hydrogens is 232 g/mol. The molecule has 0 aliphatic carbocycles. The van der Waals surface area contributed by atoms with Crippen LogP contribution in [-0.4, -0.2) is 41.5 Å². The van der Waals surface area contributed by atoms with E-state index in [0.717, 1.165) is 6.54 Å². The molecular formula is C13H18N2O3. The van der Waals surface area contributed by atoms with Gasteiger partial charge in [-0.2, -0.15) is 0 Å². The molecule has 1 amide bonds. The highest BCUT2D eigenvalue weighted by molar-refractivity contribution is 5.93. The van der Waals surface area contributed by atoms with Crippen LogP contribution in [0.2, 0.25) is 0 Å². The van der Waals surface area contributed by atoms with E-state index in [4.69, 9.17) is 4.74 Å². The van der Waals surface area contributed by atoms with Crippen LogP contribution < -0.4 is 0 Å². The van der Waals surface area contributed by atoms with E-state index < -0.39 is 0 Å². The van der Waals surface area contributed by atoms with Gasteiger partial charge in [0.2, 0.25) is 0 Å². The zero-order chi connectivity index (χ0) is 13.1. The van der Waals surface area contributed by atoms with Crippen molar-refractivity contribution >= 4 is 11.9 Å². The van der Waals surface area contributed by atoms with E-state index in [2.05, 4.69) is 0 Å². The number of hydrogen-bond acceptors (Lipinski definition) is 3. The molecule has 0 N–H and O–H groups in total. The Bertz CT molecular complexity index is 453. The summed E-state index contributed by atoms with van der Waals surface area (Å²) >= 11 is 0. The van der Waals surface area contributed by atoms with Gasteiger partial charge in [0.15, 0.2) is 0 Å². The number of esters is 1. The zero-order valence-electron chi connectivity index (χ0n) is 10.8. The molecule has 1 aliphatic heterocycles. The largest absolute Gasteiger partial charge is 0.469 e. The number of methoxy groups -OCH3 is 1. The molecule has 1 aliphatic rings. The molecule has 0 aromatic carbocycles. The fourth-order valence-corrected chi connectivity index (χ4v) is 2.35. The van der Waals surface area contributed by atoms with Gasteiger partial charge in [0.05, 0.1) is 13.0 Å². The second kappa shape index (κ2) is 5.25. The van der Waals surface area contributed by atoms with Crippen molar-refractivity contribution < 1.29 is 14.3 Å². The maximum absolute atomic E-state index is 12.3. The van der Waals surface area contributed by atoms with Crippen LogP contribution >= 0.6 is 0 Å². The summed E-state index contributed by atoms with van der Waals surface area (Å²) in [5, 5.41) is 0. The topological polar surface area (TPSA) is 51.5 Å². The molecule has 5 heteroatoms. The van der Waals surface area contributed by atoms with Gasteiger partial charge in [0, 0.05) is 25.8 Å². The third-order valence-electron chi connectivity index (χ3n) is 3.40. The highest BCUT2D eigenvalue weighted by Gasteiger charge is 2.32. The Morgan fingerprint density at radius 2 is 2.28 bits per heavy atom. The lowest BCUT2D eigenvalue weighted by Crippen LogP contribution is -2.31. The molecule has 0 saturated carbocycles. The monoisotopic (exact) mass is 250 g/mol. The minimum absolute atomic E-state index is 0.00625. The first-order chi connectivity index (χ1) is 8.67. The van der Waals surface area contributed by atoms with Crippen molar-refractivity contribution in [1.82, 2.24) is 9.47 Å². The maximum Gasteiger partial charge on any atom is 0.310 e. The number of hydrogen-bond donors (Lipinski definition) is 0.